The van der Waals surface area contributed by atoms with Crippen LogP contribution in [0.4, 0.5) is 13.2 Å². The van der Waals surface area contributed by atoms with E-state index >= 15 is 0 Å². The Morgan fingerprint density at radius 2 is 1.59 bits per heavy atom. The van der Waals surface area contributed by atoms with Crippen LogP contribution in [0.1, 0.15) is 88.5 Å². The molecule has 1 aliphatic rings. The van der Waals surface area contributed by atoms with Crippen molar-refractivity contribution >= 4 is 22.4 Å². The fourth-order valence-electron chi connectivity index (χ4n) is 7.10. The molecule has 5 rings (SSSR count). The van der Waals surface area contributed by atoms with E-state index in [1.165, 1.54) is 6.07 Å². The number of nitrogens with two attached hydrogens (primary N) is 1. The predicted octanol–water partition coefficient (Wildman–Crippen LogP) is 11.4. The summed E-state index contributed by atoms with van der Waals surface area (Å²) in [6.07, 6.45) is 4.72. The Morgan fingerprint density at radius 1 is 0.941 bits per heavy atom. The molecule has 1 aliphatic carbocycles. The van der Waals surface area contributed by atoms with Crippen molar-refractivity contribution in [1.82, 2.24) is 0 Å². The third kappa shape index (κ3) is 10.3. The lowest BCUT2D eigenvalue weighted by Gasteiger charge is -2.48. The van der Waals surface area contributed by atoms with Gasteiger partial charge in [-0.2, -0.15) is 0 Å². The number of carbonyl (C=O) groups is 1. The van der Waals surface area contributed by atoms with Gasteiger partial charge in [0.15, 0.2) is 0 Å². The van der Waals surface area contributed by atoms with Gasteiger partial charge in [-0.1, -0.05) is 102 Å². The molecule has 1 saturated carbocycles. The van der Waals surface area contributed by atoms with Crippen molar-refractivity contribution in [2.45, 2.75) is 91.9 Å². The zero-order chi connectivity index (χ0) is 37.9. The Labute approximate surface area is 301 Å². The van der Waals surface area contributed by atoms with Crippen molar-refractivity contribution in [3.8, 4) is 22.6 Å². The highest BCUT2D eigenvalue weighted by Crippen LogP contribution is 2.57. The summed E-state index contributed by atoms with van der Waals surface area (Å²) in [6, 6.07) is 21.0. The van der Waals surface area contributed by atoms with Gasteiger partial charge in [-0.3, -0.25) is 4.79 Å². The van der Waals surface area contributed by atoms with E-state index < -0.39 is 11.9 Å². The molecule has 1 atom stereocenters. The van der Waals surface area contributed by atoms with E-state index in [-0.39, 0.29) is 36.2 Å². The molecule has 1 unspecified atom stereocenters. The van der Waals surface area contributed by atoms with E-state index in [1.54, 1.807) is 33.3 Å². The SMILES string of the molecule is C=C(N)c1c(C)cccc1F.CCC(C)CC1(CC)CC(F)(F)C1.CCc1ccc(OC)c(-c2cccc3c(CCC(=O)O)cccc23)c1OC. The Morgan fingerprint density at radius 3 is 2.10 bits per heavy atom. The zero-order valence-electron chi connectivity index (χ0n) is 31.2. The molecule has 4 aromatic rings. The van der Waals surface area contributed by atoms with Crippen LogP contribution in [-0.4, -0.2) is 31.2 Å². The minimum atomic E-state index is -2.36. The summed E-state index contributed by atoms with van der Waals surface area (Å²) >= 11 is 0. The van der Waals surface area contributed by atoms with Crippen LogP contribution in [0.2, 0.25) is 0 Å². The number of aryl methyl sites for hydroxylation is 3. The van der Waals surface area contributed by atoms with Crippen LogP contribution in [0, 0.1) is 24.1 Å². The van der Waals surface area contributed by atoms with Crippen LogP contribution in [0.3, 0.4) is 0 Å². The Balaban J connectivity index is 0.000000242. The zero-order valence-corrected chi connectivity index (χ0v) is 31.2. The smallest absolute Gasteiger partial charge is 0.303 e. The van der Waals surface area contributed by atoms with Crippen molar-refractivity contribution in [2.24, 2.45) is 17.1 Å². The summed E-state index contributed by atoms with van der Waals surface area (Å²) < 4.78 is 49.9. The average molecular weight is 706 g/mol. The van der Waals surface area contributed by atoms with E-state index in [0.29, 0.717) is 17.9 Å². The van der Waals surface area contributed by atoms with Gasteiger partial charge in [0.1, 0.15) is 17.3 Å². The first-order valence-corrected chi connectivity index (χ1v) is 17.7. The first-order valence-electron chi connectivity index (χ1n) is 17.7. The molecule has 0 amide bonds. The van der Waals surface area contributed by atoms with Gasteiger partial charge in [0, 0.05) is 30.5 Å². The number of aliphatic carboxylic acids is 1. The molecule has 8 heteroatoms. The second-order valence-corrected chi connectivity index (χ2v) is 13.6. The van der Waals surface area contributed by atoms with Crippen LogP contribution in [0.5, 0.6) is 11.5 Å². The molecule has 0 radical (unpaired) electrons. The maximum atomic E-state index is 13.0. The maximum absolute atomic E-state index is 13.0. The summed E-state index contributed by atoms with van der Waals surface area (Å²) in [7, 11) is 3.34. The summed E-state index contributed by atoms with van der Waals surface area (Å²) in [6.45, 7) is 13.7. The van der Waals surface area contributed by atoms with Crippen molar-refractivity contribution in [1.29, 1.82) is 0 Å². The standard InChI is InChI=1S/C23H24O4.C11H20F2.C9H10FN/c1-4-15-11-13-20(26-2)22(23(15)27-3)19-10-6-8-17-16(12-14-21(24)25)7-5-9-18(17)19;1-4-9(3)6-10(5-2)7-11(12,13)8-10;1-6-4-3-5-8(10)9(6)7(2)11/h5-11,13H,4,12,14H2,1-3H3,(H,24,25);9H,4-8H2,1-3H3;3-5H,2,11H2,1H3. The van der Waals surface area contributed by atoms with Crippen LogP contribution < -0.4 is 15.2 Å². The first kappa shape index (κ1) is 41.0. The number of alkyl halides is 2. The van der Waals surface area contributed by atoms with E-state index in [9.17, 15) is 18.0 Å². The number of carboxylic acids is 1. The fourth-order valence-corrected chi connectivity index (χ4v) is 7.10. The van der Waals surface area contributed by atoms with Gasteiger partial charge < -0.3 is 20.3 Å². The molecule has 1 fully saturated rings. The summed E-state index contributed by atoms with van der Waals surface area (Å²) in [5, 5.41) is 11.2. The third-order valence-electron chi connectivity index (χ3n) is 9.93. The predicted molar refractivity (Wildman–Crippen MR) is 203 cm³/mol. The first-order chi connectivity index (χ1) is 24.2. The van der Waals surface area contributed by atoms with Crippen LogP contribution in [0.25, 0.3) is 27.6 Å². The van der Waals surface area contributed by atoms with Crippen LogP contribution in [-0.2, 0) is 17.6 Å². The highest BCUT2D eigenvalue weighted by atomic mass is 19.3. The highest BCUT2D eigenvalue weighted by molar-refractivity contribution is 6.01. The van der Waals surface area contributed by atoms with Gasteiger partial charge in [-0.15, -0.1) is 0 Å². The number of ether oxygens (including phenoxy) is 2. The largest absolute Gasteiger partial charge is 0.496 e. The van der Waals surface area contributed by atoms with Gasteiger partial charge in [0.2, 0.25) is 5.92 Å². The summed E-state index contributed by atoms with van der Waals surface area (Å²) in [5.74, 6) is -1.29. The molecule has 5 nitrogen and oxygen atoms in total. The fraction of sp³-hybridized carbons (Fsp3) is 0.419. The lowest BCUT2D eigenvalue weighted by Crippen LogP contribution is -2.46. The van der Waals surface area contributed by atoms with Gasteiger partial charge in [-0.05, 0) is 82.7 Å². The number of halogens is 3. The number of hydrogen-bond acceptors (Lipinski definition) is 4. The van der Waals surface area contributed by atoms with Crippen molar-refractivity contribution in [3.05, 3.63) is 101 Å². The molecule has 0 heterocycles. The molecule has 0 spiro atoms. The van der Waals surface area contributed by atoms with Gasteiger partial charge in [0.25, 0.3) is 0 Å². The summed E-state index contributed by atoms with van der Waals surface area (Å²) in [5.41, 5.74) is 11.0. The number of carboxylic acid groups (broad SMARTS) is 1. The summed E-state index contributed by atoms with van der Waals surface area (Å²) in [4.78, 5) is 11.0. The average Bonchev–Trinajstić information content (AvgIpc) is 3.09. The minimum Gasteiger partial charge on any atom is -0.496 e. The molecular formula is C43H54F3NO4. The van der Waals surface area contributed by atoms with Gasteiger partial charge in [0.05, 0.1) is 19.8 Å². The second-order valence-electron chi connectivity index (χ2n) is 13.6. The van der Waals surface area contributed by atoms with Crippen molar-refractivity contribution in [2.75, 3.05) is 14.2 Å². The monoisotopic (exact) mass is 705 g/mol. The van der Waals surface area contributed by atoms with Crippen molar-refractivity contribution < 1.29 is 32.5 Å². The molecule has 4 aromatic carbocycles. The minimum absolute atomic E-state index is 0.0288. The molecule has 0 saturated heterocycles. The lowest BCUT2D eigenvalue weighted by molar-refractivity contribution is -0.169. The Bertz CT molecular complexity index is 1770. The number of methoxy groups -OCH3 is 2. The van der Waals surface area contributed by atoms with Crippen molar-refractivity contribution in [3.63, 3.8) is 0 Å². The quantitative estimate of drug-likeness (QED) is 0.153. The van der Waals surface area contributed by atoms with Gasteiger partial charge in [-0.25, -0.2) is 13.2 Å². The normalized spacial score (nSPS) is 14.5. The molecule has 0 aliphatic heterocycles. The Kier molecular flexibility index (Phi) is 14.6. The maximum Gasteiger partial charge on any atom is 0.303 e. The Hall–Kier alpha value is -4.46. The molecule has 51 heavy (non-hydrogen) atoms. The number of rotatable bonds is 12. The molecule has 276 valence electrons. The highest BCUT2D eigenvalue weighted by Gasteiger charge is 2.55. The van der Waals surface area contributed by atoms with Gasteiger partial charge >= 0.3 is 5.97 Å². The van der Waals surface area contributed by atoms with E-state index in [1.807, 2.05) is 43.3 Å². The topological polar surface area (TPSA) is 81.8 Å². The number of benzene rings is 4. The molecule has 0 bridgehead atoms. The molecular weight excluding hydrogens is 651 g/mol. The van der Waals surface area contributed by atoms with E-state index in [0.717, 1.165) is 75.8 Å². The second kappa shape index (κ2) is 18.2. The van der Waals surface area contributed by atoms with E-state index in [2.05, 4.69) is 39.5 Å². The molecule has 3 N–H and O–H groups in total. The van der Waals surface area contributed by atoms with Crippen LogP contribution >= 0.6 is 0 Å². The van der Waals surface area contributed by atoms with Crippen LogP contribution in [0.15, 0.2) is 73.3 Å². The third-order valence-corrected chi connectivity index (χ3v) is 9.93. The number of fused-ring (bicyclic) bond motifs is 1. The van der Waals surface area contributed by atoms with E-state index in [4.69, 9.17) is 20.3 Å². The number of hydrogen-bond donors (Lipinski definition) is 2. The molecule has 0 aromatic heterocycles. The lowest BCUT2D eigenvalue weighted by atomic mass is 9.60.